The molecule has 42 heavy (non-hydrogen) atoms. The van der Waals surface area contributed by atoms with E-state index in [9.17, 15) is 22.4 Å². The molecule has 0 aromatic heterocycles. The van der Waals surface area contributed by atoms with Crippen molar-refractivity contribution in [3.8, 4) is 0 Å². The average molecular weight is 614 g/mol. The van der Waals surface area contributed by atoms with Crippen molar-refractivity contribution in [2.75, 3.05) is 10.8 Å². The molecule has 1 atom stereocenters. The maximum absolute atomic E-state index is 14.1. The van der Waals surface area contributed by atoms with E-state index in [0.29, 0.717) is 17.0 Å². The molecule has 0 aliphatic heterocycles. The van der Waals surface area contributed by atoms with Crippen LogP contribution >= 0.6 is 11.6 Å². The molecule has 0 unspecified atom stereocenters. The van der Waals surface area contributed by atoms with Crippen molar-refractivity contribution in [2.24, 2.45) is 0 Å². The van der Waals surface area contributed by atoms with Crippen LogP contribution in [-0.2, 0) is 26.2 Å². The van der Waals surface area contributed by atoms with Crippen molar-refractivity contribution in [3.05, 3.63) is 94.8 Å². The highest BCUT2D eigenvalue weighted by atomic mass is 35.5. The summed E-state index contributed by atoms with van der Waals surface area (Å²) in [5, 5.41) is 3.42. The molecule has 2 amide bonds. The molecular weight excluding hydrogens is 577 g/mol. The number of aryl methyl sites for hydroxylation is 1. The third kappa shape index (κ3) is 7.89. The molecule has 1 N–H and O–H groups in total. The minimum atomic E-state index is -4.19. The van der Waals surface area contributed by atoms with Gasteiger partial charge in [-0.25, -0.2) is 12.8 Å². The molecule has 10 heteroatoms. The smallest absolute Gasteiger partial charge is 0.264 e. The summed E-state index contributed by atoms with van der Waals surface area (Å²) >= 11 is 6.23. The zero-order valence-corrected chi connectivity index (χ0v) is 25.5. The zero-order valence-electron chi connectivity index (χ0n) is 23.9. The fourth-order valence-electron chi connectivity index (χ4n) is 5.25. The summed E-state index contributed by atoms with van der Waals surface area (Å²) in [5.41, 5.74) is 1.72. The number of nitrogens with one attached hydrogen (secondary N) is 1. The van der Waals surface area contributed by atoms with Crippen LogP contribution in [0.15, 0.2) is 77.7 Å². The van der Waals surface area contributed by atoms with Gasteiger partial charge in [-0.1, -0.05) is 73.7 Å². The summed E-state index contributed by atoms with van der Waals surface area (Å²) in [6.07, 6.45) is 5.27. The third-order valence-electron chi connectivity index (χ3n) is 7.59. The number of amides is 2. The lowest BCUT2D eigenvalue weighted by Crippen LogP contribution is -2.54. The summed E-state index contributed by atoms with van der Waals surface area (Å²) in [5.74, 6) is -1.27. The number of carbonyl (C=O) groups is 2. The second-order valence-corrected chi connectivity index (χ2v) is 13.0. The van der Waals surface area contributed by atoms with Gasteiger partial charge in [-0.2, -0.15) is 0 Å². The van der Waals surface area contributed by atoms with Gasteiger partial charge in [-0.15, -0.1) is 0 Å². The molecule has 1 fully saturated rings. The number of hydrogen-bond acceptors (Lipinski definition) is 4. The first-order valence-electron chi connectivity index (χ1n) is 14.3. The van der Waals surface area contributed by atoms with Gasteiger partial charge in [0.05, 0.1) is 10.6 Å². The zero-order chi connectivity index (χ0) is 30.3. The molecule has 0 heterocycles. The van der Waals surface area contributed by atoms with Crippen molar-refractivity contribution in [2.45, 2.75) is 75.9 Å². The number of carbonyl (C=O) groups excluding carboxylic acids is 2. The molecular formula is C32H37ClFN3O4S. The number of anilines is 1. The van der Waals surface area contributed by atoms with Crippen LogP contribution in [0.3, 0.4) is 0 Å². The Morgan fingerprint density at radius 1 is 1.00 bits per heavy atom. The number of hydrogen-bond donors (Lipinski definition) is 1. The van der Waals surface area contributed by atoms with Gasteiger partial charge >= 0.3 is 0 Å². The molecule has 4 rings (SSSR count). The van der Waals surface area contributed by atoms with Crippen LogP contribution < -0.4 is 9.62 Å². The fourth-order valence-corrected chi connectivity index (χ4v) is 6.84. The molecule has 0 radical (unpaired) electrons. The first-order valence-corrected chi connectivity index (χ1v) is 16.1. The highest BCUT2D eigenvalue weighted by Gasteiger charge is 2.34. The number of sulfonamides is 1. The maximum atomic E-state index is 14.1. The van der Waals surface area contributed by atoms with Crippen LogP contribution in [0.2, 0.25) is 5.02 Å². The van der Waals surface area contributed by atoms with Crippen molar-refractivity contribution in [1.29, 1.82) is 0 Å². The van der Waals surface area contributed by atoms with Crippen molar-refractivity contribution in [3.63, 3.8) is 0 Å². The van der Waals surface area contributed by atoms with Crippen LogP contribution in [0.25, 0.3) is 0 Å². The van der Waals surface area contributed by atoms with E-state index >= 15 is 0 Å². The summed E-state index contributed by atoms with van der Waals surface area (Å²) in [6, 6.07) is 17.5. The highest BCUT2D eigenvalue weighted by Crippen LogP contribution is 2.27. The predicted molar refractivity (Wildman–Crippen MR) is 163 cm³/mol. The fraction of sp³-hybridized carbons (Fsp3) is 0.375. The van der Waals surface area contributed by atoms with Gasteiger partial charge in [-0.3, -0.25) is 13.9 Å². The molecule has 0 bridgehead atoms. The van der Waals surface area contributed by atoms with Crippen LogP contribution in [-0.4, -0.2) is 43.8 Å². The first-order chi connectivity index (χ1) is 20.1. The molecule has 1 aliphatic rings. The summed E-state index contributed by atoms with van der Waals surface area (Å²) < 4.78 is 42.6. The topological polar surface area (TPSA) is 86.8 Å². The average Bonchev–Trinajstić information content (AvgIpc) is 2.97. The van der Waals surface area contributed by atoms with Crippen LogP contribution in [0.5, 0.6) is 0 Å². The third-order valence-corrected chi connectivity index (χ3v) is 9.61. The minimum Gasteiger partial charge on any atom is -0.352 e. The second kappa shape index (κ2) is 14.2. The Kier molecular flexibility index (Phi) is 10.6. The Balaban J connectivity index is 1.70. The Morgan fingerprint density at radius 3 is 2.29 bits per heavy atom. The van der Waals surface area contributed by atoms with Crippen molar-refractivity contribution < 1.29 is 22.4 Å². The monoisotopic (exact) mass is 613 g/mol. The predicted octanol–water partition coefficient (Wildman–Crippen LogP) is 6.24. The van der Waals surface area contributed by atoms with Gasteiger partial charge in [0.1, 0.15) is 18.4 Å². The van der Waals surface area contributed by atoms with E-state index in [2.05, 4.69) is 5.32 Å². The molecule has 1 saturated carbocycles. The molecule has 3 aromatic carbocycles. The lowest BCUT2D eigenvalue weighted by atomic mass is 9.95. The van der Waals surface area contributed by atoms with E-state index in [1.165, 1.54) is 35.2 Å². The SMILES string of the molecule is CC[C@H](C(=O)NC1CCCCC1)N(Cc1ccc(F)cc1)C(=O)CN(c1cccc(Cl)c1)S(=O)(=O)c1ccc(C)cc1. The van der Waals surface area contributed by atoms with Gasteiger partial charge in [0.25, 0.3) is 10.0 Å². The van der Waals surface area contributed by atoms with Crippen LogP contribution in [0.1, 0.15) is 56.6 Å². The molecule has 3 aromatic rings. The van der Waals surface area contributed by atoms with E-state index < -0.39 is 34.3 Å². The highest BCUT2D eigenvalue weighted by molar-refractivity contribution is 7.92. The van der Waals surface area contributed by atoms with Crippen molar-refractivity contribution >= 4 is 39.1 Å². The largest absolute Gasteiger partial charge is 0.352 e. The number of nitrogens with zero attached hydrogens (tertiary/aromatic N) is 2. The summed E-state index contributed by atoms with van der Waals surface area (Å²) in [7, 11) is -4.19. The Bertz CT molecular complexity index is 1480. The molecule has 0 spiro atoms. The normalized spacial score (nSPS) is 14.7. The maximum Gasteiger partial charge on any atom is 0.264 e. The van der Waals surface area contributed by atoms with E-state index in [4.69, 9.17) is 11.6 Å². The van der Waals surface area contributed by atoms with Crippen LogP contribution in [0, 0.1) is 12.7 Å². The number of halogens is 2. The lowest BCUT2D eigenvalue weighted by Gasteiger charge is -2.34. The Hall–Kier alpha value is -3.43. The second-order valence-electron chi connectivity index (χ2n) is 10.7. The van der Waals surface area contributed by atoms with E-state index in [1.807, 2.05) is 13.8 Å². The van der Waals surface area contributed by atoms with Gasteiger partial charge in [-0.05, 0) is 74.2 Å². The van der Waals surface area contributed by atoms with Crippen molar-refractivity contribution in [1.82, 2.24) is 10.2 Å². The molecule has 0 saturated heterocycles. The first kappa shape index (κ1) is 31.5. The van der Waals surface area contributed by atoms with Gasteiger partial charge in [0.15, 0.2) is 0 Å². The van der Waals surface area contributed by atoms with E-state index in [-0.39, 0.29) is 29.1 Å². The number of benzene rings is 3. The summed E-state index contributed by atoms with van der Waals surface area (Å²) in [4.78, 5) is 29.1. The molecule has 224 valence electrons. The lowest BCUT2D eigenvalue weighted by molar-refractivity contribution is -0.140. The Labute approximate surface area is 252 Å². The quantitative estimate of drug-likeness (QED) is 0.277. The molecule has 1 aliphatic carbocycles. The van der Waals surface area contributed by atoms with E-state index in [0.717, 1.165) is 42.0 Å². The van der Waals surface area contributed by atoms with E-state index in [1.54, 1.807) is 42.5 Å². The molecule has 7 nitrogen and oxygen atoms in total. The van der Waals surface area contributed by atoms with Gasteiger partial charge < -0.3 is 10.2 Å². The van der Waals surface area contributed by atoms with Gasteiger partial charge in [0, 0.05) is 17.6 Å². The van der Waals surface area contributed by atoms with Crippen LogP contribution in [0.4, 0.5) is 10.1 Å². The standard InChI is InChI=1S/C32H37ClFN3O4S/c1-3-30(32(39)35-27-9-5-4-6-10-27)36(21-24-14-16-26(34)17-15-24)31(38)22-37(28-11-7-8-25(33)20-28)42(40,41)29-18-12-23(2)13-19-29/h7-8,11-20,27,30H,3-6,9-10,21-22H2,1-2H3,(H,35,39)/t30-/m1/s1. The summed E-state index contributed by atoms with van der Waals surface area (Å²) in [6.45, 7) is 3.10. The Morgan fingerprint density at radius 2 is 1.67 bits per heavy atom. The van der Waals surface area contributed by atoms with Gasteiger partial charge in [0.2, 0.25) is 11.8 Å². The minimum absolute atomic E-state index is 0.00364. The number of rotatable bonds is 11.